The first-order valence-corrected chi connectivity index (χ1v) is 13.1. The summed E-state index contributed by atoms with van der Waals surface area (Å²) < 4.78 is 33.3. The van der Waals surface area contributed by atoms with Gasteiger partial charge in [-0.1, -0.05) is 6.07 Å². The predicted molar refractivity (Wildman–Crippen MR) is 134 cm³/mol. The van der Waals surface area contributed by atoms with E-state index in [0.717, 1.165) is 42.0 Å². The number of carbonyl (C=O) groups is 4. The highest BCUT2D eigenvalue weighted by Gasteiger charge is 2.56. The first-order valence-electron chi connectivity index (χ1n) is 13.1. The molecule has 4 aliphatic rings. The molecule has 0 radical (unpaired) electrons. The van der Waals surface area contributed by atoms with E-state index in [2.05, 4.69) is 15.4 Å². The molecule has 2 aromatic carbocycles. The van der Waals surface area contributed by atoms with Crippen molar-refractivity contribution in [1.29, 1.82) is 0 Å². The summed E-state index contributed by atoms with van der Waals surface area (Å²) in [4.78, 5) is 54.6. The monoisotopic (exact) mass is 538 g/mol. The number of imide groups is 1. The zero-order chi connectivity index (χ0) is 27.5. The van der Waals surface area contributed by atoms with Gasteiger partial charge in [0, 0.05) is 12.6 Å². The predicted octanol–water partition coefficient (Wildman–Crippen LogP) is 3.59. The Bertz CT molecular complexity index is 1410. The third-order valence-corrected chi connectivity index (χ3v) is 8.42. The number of halogens is 2. The van der Waals surface area contributed by atoms with Gasteiger partial charge in [0.25, 0.3) is 5.91 Å². The van der Waals surface area contributed by atoms with Gasteiger partial charge in [-0.15, -0.1) is 0 Å². The van der Waals surface area contributed by atoms with Gasteiger partial charge in [0.2, 0.25) is 5.91 Å². The summed E-state index contributed by atoms with van der Waals surface area (Å²) in [6.07, 6.45) is 3.07. The van der Waals surface area contributed by atoms with Crippen LogP contribution in [-0.2, 0) is 39.3 Å². The number of urea groups is 1. The zero-order valence-electron chi connectivity index (χ0n) is 21.4. The van der Waals surface area contributed by atoms with Crippen molar-refractivity contribution >= 4 is 29.6 Å². The molecule has 39 heavy (non-hydrogen) atoms. The Hall–Kier alpha value is -4.02. The maximum atomic E-state index is 14.9. The molecule has 1 unspecified atom stereocenters. The number of ether oxygens (including phenoxy) is 1. The lowest BCUT2D eigenvalue weighted by Gasteiger charge is -2.31. The highest BCUT2D eigenvalue weighted by molar-refractivity contribution is 6.10. The van der Waals surface area contributed by atoms with E-state index in [0.29, 0.717) is 36.3 Å². The summed E-state index contributed by atoms with van der Waals surface area (Å²) in [5.41, 5.74) is 1.08. The molecule has 2 aliphatic carbocycles. The van der Waals surface area contributed by atoms with Crippen LogP contribution >= 0.6 is 0 Å². The molecule has 2 N–H and O–H groups in total. The maximum Gasteiger partial charge on any atom is 0.411 e. The van der Waals surface area contributed by atoms with E-state index in [4.69, 9.17) is 0 Å². The fraction of sp³-hybridized carbons (Fsp3) is 0.429. The Morgan fingerprint density at radius 3 is 2.62 bits per heavy atom. The fourth-order valence-electron chi connectivity index (χ4n) is 6.27. The normalized spacial score (nSPS) is 23.8. The van der Waals surface area contributed by atoms with Crippen molar-refractivity contribution in [2.45, 2.75) is 56.7 Å². The Morgan fingerprint density at radius 2 is 1.87 bits per heavy atom. The van der Waals surface area contributed by atoms with Crippen molar-refractivity contribution in [1.82, 2.24) is 15.1 Å². The summed E-state index contributed by atoms with van der Waals surface area (Å²) >= 11 is 0. The van der Waals surface area contributed by atoms with Crippen LogP contribution < -0.4 is 10.6 Å². The molecule has 1 saturated carbocycles. The maximum absolute atomic E-state index is 14.9. The van der Waals surface area contributed by atoms with E-state index in [9.17, 15) is 28.0 Å². The molecule has 5 amide bonds. The number of benzene rings is 2. The first-order chi connectivity index (χ1) is 18.7. The Morgan fingerprint density at radius 1 is 1.08 bits per heavy atom. The number of carbonyl (C=O) groups excluding carboxylic acids is 4. The topological polar surface area (TPSA) is 108 Å². The van der Waals surface area contributed by atoms with Crippen molar-refractivity contribution in [3.8, 4) is 0 Å². The molecule has 2 fully saturated rings. The molecule has 2 aliphatic heterocycles. The number of aryl methyl sites for hydroxylation is 2. The second kappa shape index (κ2) is 9.32. The molecule has 2 aromatic rings. The third-order valence-electron chi connectivity index (χ3n) is 8.42. The number of methoxy groups -OCH3 is 1. The van der Waals surface area contributed by atoms with E-state index in [1.54, 1.807) is 11.0 Å². The average Bonchev–Trinajstić information content (AvgIpc) is 3.68. The van der Waals surface area contributed by atoms with Gasteiger partial charge in [-0.3, -0.25) is 19.8 Å². The van der Waals surface area contributed by atoms with Crippen LogP contribution in [0.2, 0.25) is 0 Å². The van der Waals surface area contributed by atoms with E-state index in [1.807, 2.05) is 0 Å². The van der Waals surface area contributed by atoms with Crippen molar-refractivity contribution in [3.05, 3.63) is 64.2 Å². The van der Waals surface area contributed by atoms with E-state index < -0.39 is 35.9 Å². The standard InChI is InChI=1S/C28H28F2N4O5/c1-39-27(38)31-22-11-17-8-9-28(20(17)12-21(22)30)25(36)34(26(37)32-28)14-24(35)33-13-18-4-6-19(29)10-16(18)5-7-23(33)15-2-3-15/h4,6,10-12,15,23H,2-3,5,7-9,13-14H2,1H3,(H,31,38)(H,32,37)/t23?,28-/m1/s1. The molecule has 2 heterocycles. The van der Waals surface area contributed by atoms with Gasteiger partial charge in [-0.25, -0.2) is 18.4 Å². The summed E-state index contributed by atoms with van der Waals surface area (Å²) in [5.74, 6) is -1.70. The fourth-order valence-corrected chi connectivity index (χ4v) is 6.27. The minimum atomic E-state index is -1.48. The van der Waals surface area contributed by atoms with Gasteiger partial charge < -0.3 is 15.0 Å². The van der Waals surface area contributed by atoms with Crippen LogP contribution in [0.25, 0.3) is 0 Å². The van der Waals surface area contributed by atoms with Crippen molar-refractivity contribution in [2.24, 2.45) is 5.92 Å². The number of amides is 5. The van der Waals surface area contributed by atoms with Gasteiger partial charge in [-0.05, 0) is 91.0 Å². The van der Waals surface area contributed by atoms with Crippen molar-refractivity contribution in [3.63, 3.8) is 0 Å². The molecule has 2 atom stereocenters. The van der Waals surface area contributed by atoms with Crippen LogP contribution in [0, 0.1) is 17.6 Å². The van der Waals surface area contributed by atoms with Gasteiger partial charge >= 0.3 is 12.1 Å². The lowest BCUT2D eigenvalue weighted by atomic mass is 9.91. The number of hydrogen-bond acceptors (Lipinski definition) is 5. The lowest BCUT2D eigenvalue weighted by molar-refractivity contribution is -0.141. The lowest BCUT2D eigenvalue weighted by Crippen LogP contribution is -2.48. The average molecular weight is 539 g/mol. The van der Waals surface area contributed by atoms with E-state index in [-0.39, 0.29) is 36.4 Å². The Balaban J connectivity index is 1.24. The molecule has 204 valence electrons. The second-order valence-corrected chi connectivity index (χ2v) is 10.7. The number of hydrogen-bond donors (Lipinski definition) is 2. The highest BCUT2D eigenvalue weighted by Crippen LogP contribution is 2.44. The summed E-state index contributed by atoms with van der Waals surface area (Å²) in [6, 6.07) is 6.39. The van der Waals surface area contributed by atoms with Crippen LogP contribution in [0.15, 0.2) is 30.3 Å². The zero-order valence-corrected chi connectivity index (χ0v) is 21.4. The van der Waals surface area contributed by atoms with Crippen LogP contribution in [0.5, 0.6) is 0 Å². The summed E-state index contributed by atoms with van der Waals surface area (Å²) in [6.45, 7) is -0.152. The van der Waals surface area contributed by atoms with Gasteiger partial charge in [0.1, 0.15) is 23.7 Å². The molecule has 11 heteroatoms. The second-order valence-electron chi connectivity index (χ2n) is 10.7. The van der Waals surface area contributed by atoms with E-state index in [1.165, 1.54) is 18.2 Å². The Labute approximate surface area is 223 Å². The Kier molecular flexibility index (Phi) is 6.04. The van der Waals surface area contributed by atoms with Crippen molar-refractivity contribution in [2.75, 3.05) is 19.0 Å². The molecule has 6 rings (SSSR count). The number of anilines is 1. The minimum absolute atomic E-state index is 0.0512. The van der Waals surface area contributed by atoms with Crippen LogP contribution in [0.1, 0.15) is 47.9 Å². The number of nitrogens with one attached hydrogen (secondary N) is 2. The van der Waals surface area contributed by atoms with E-state index >= 15 is 0 Å². The molecule has 0 aromatic heterocycles. The smallest absolute Gasteiger partial charge is 0.411 e. The summed E-state index contributed by atoms with van der Waals surface area (Å²) in [5, 5.41) is 5.02. The van der Waals surface area contributed by atoms with Gasteiger partial charge in [-0.2, -0.15) is 0 Å². The molecule has 0 bridgehead atoms. The molecular weight excluding hydrogens is 510 g/mol. The number of rotatable bonds is 4. The SMILES string of the molecule is COC(=O)Nc1cc2c(cc1F)[C@@]1(CC2)NC(=O)N(CC(=O)N2Cc3ccc(F)cc3CCC2C2CC2)C1=O. The van der Waals surface area contributed by atoms with Crippen molar-refractivity contribution < 1.29 is 32.7 Å². The quantitative estimate of drug-likeness (QED) is 0.579. The van der Waals surface area contributed by atoms with Gasteiger partial charge in [0.05, 0.1) is 12.8 Å². The highest BCUT2D eigenvalue weighted by atomic mass is 19.1. The van der Waals surface area contributed by atoms with Crippen LogP contribution in [0.4, 0.5) is 24.1 Å². The first kappa shape index (κ1) is 25.3. The van der Waals surface area contributed by atoms with Gasteiger partial charge in [0.15, 0.2) is 0 Å². The molecule has 1 saturated heterocycles. The minimum Gasteiger partial charge on any atom is -0.453 e. The van der Waals surface area contributed by atoms with Crippen LogP contribution in [0.3, 0.4) is 0 Å². The third kappa shape index (κ3) is 4.29. The number of nitrogens with zero attached hydrogens (tertiary/aromatic N) is 2. The molecular formula is C28H28F2N4O5. The number of fused-ring (bicyclic) bond motifs is 3. The van der Waals surface area contributed by atoms with Crippen LogP contribution in [-0.4, -0.2) is 53.4 Å². The largest absolute Gasteiger partial charge is 0.453 e. The molecule has 1 spiro atoms. The molecule has 9 nitrogen and oxygen atoms in total. The summed E-state index contributed by atoms with van der Waals surface area (Å²) in [7, 11) is 1.16.